The summed E-state index contributed by atoms with van der Waals surface area (Å²) in [4.78, 5) is 24.5. The zero-order valence-corrected chi connectivity index (χ0v) is 13.0. The van der Waals surface area contributed by atoms with E-state index in [0.717, 1.165) is 4.47 Å². The van der Waals surface area contributed by atoms with Crippen LogP contribution in [0.4, 0.5) is 0 Å². The topological polar surface area (TPSA) is 65.1 Å². The quantitative estimate of drug-likeness (QED) is 0.635. The number of carbonyl (C=O) groups excluding carboxylic acids is 1. The first-order chi connectivity index (χ1) is 9.99. The molecule has 0 spiro atoms. The van der Waals surface area contributed by atoms with E-state index in [-0.39, 0.29) is 5.56 Å². The second kappa shape index (κ2) is 4.96. The minimum Gasteiger partial charge on any atom is -0.422 e. The molecule has 2 heterocycles. The van der Waals surface area contributed by atoms with Crippen LogP contribution in [-0.2, 0) is 0 Å². The first-order valence-electron chi connectivity index (χ1n) is 6.28. The summed E-state index contributed by atoms with van der Waals surface area (Å²) in [5.41, 5.74) is 1.08. The molecule has 0 atom stereocenters. The standard InChI is InChI=1S/C15H11BrN2O3/c1-8-13(16)9(2)18(17-8)14(19)11-7-10-5-3-4-6-12(10)21-15(11)20/h3-7H,1-2H3. The van der Waals surface area contributed by atoms with E-state index < -0.39 is 11.5 Å². The highest BCUT2D eigenvalue weighted by Gasteiger charge is 2.20. The lowest BCUT2D eigenvalue weighted by Gasteiger charge is -2.03. The van der Waals surface area contributed by atoms with Crippen LogP contribution in [0.2, 0.25) is 0 Å². The van der Waals surface area contributed by atoms with Crippen LogP contribution in [0.1, 0.15) is 21.7 Å². The molecule has 3 aromatic rings. The van der Waals surface area contributed by atoms with Gasteiger partial charge in [0.1, 0.15) is 11.1 Å². The fraction of sp³-hybridized carbons (Fsp3) is 0.133. The number of fused-ring (bicyclic) bond motifs is 1. The van der Waals surface area contributed by atoms with Gasteiger partial charge in [-0.1, -0.05) is 18.2 Å². The van der Waals surface area contributed by atoms with E-state index in [1.54, 1.807) is 32.0 Å². The number of hydrogen-bond acceptors (Lipinski definition) is 4. The molecule has 5 nitrogen and oxygen atoms in total. The van der Waals surface area contributed by atoms with Crippen LogP contribution >= 0.6 is 15.9 Å². The molecule has 106 valence electrons. The average Bonchev–Trinajstić information content (AvgIpc) is 2.73. The van der Waals surface area contributed by atoms with E-state index in [4.69, 9.17) is 4.42 Å². The smallest absolute Gasteiger partial charge is 0.349 e. The number of aryl methyl sites for hydroxylation is 1. The van der Waals surface area contributed by atoms with Crippen LogP contribution in [0.15, 0.2) is 44.0 Å². The summed E-state index contributed by atoms with van der Waals surface area (Å²) in [6, 6.07) is 8.59. The molecule has 0 N–H and O–H groups in total. The third-order valence-corrected chi connectivity index (χ3v) is 4.41. The number of carbonyl (C=O) groups is 1. The summed E-state index contributed by atoms with van der Waals surface area (Å²) in [5, 5.41) is 4.84. The van der Waals surface area contributed by atoms with Crippen molar-refractivity contribution in [2.45, 2.75) is 13.8 Å². The summed E-state index contributed by atoms with van der Waals surface area (Å²) >= 11 is 3.36. The van der Waals surface area contributed by atoms with Crippen LogP contribution in [-0.4, -0.2) is 15.7 Å². The molecule has 1 aromatic carbocycles. The monoisotopic (exact) mass is 346 g/mol. The Morgan fingerprint density at radius 2 is 2.00 bits per heavy atom. The van der Waals surface area contributed by atoms with Crippen molar-refractivity contribution in [2.24, 2.45) is 0 Å². The zero-order chi connectivity index (χ0) is 15.1. The number of halogens is 1. The summed E-state index contributed by atoms with van der Waals surface area (Å²) in [6.07, 6.45) is 0. The second-order valence-corrected chi connectivity index (χ2v) is 5.48. The Hall–Kier alpha value is -2.21. The van der Waals surface area contributed by atoms with E-state index in [2.05, 4.69) is 21.0 Å². The van der Waals surface area contributed by atoms with Crippen molar-refractivity contribution in [3.05, 3.63) is 62.2 Å². The first-order valence-corrected chi connectivity index (χ1v) is 7.07. The van der Waals surface area contributed by atoms with Crippen molar-refractivity contribution in [2.75, 3.05) is 0 Å². The second-order valence-electron chi connectivity index (χ2n) is 4.69. The lowest BCUT2D eigenvalue weighted by Crippen LogP contribution is -2.22. The number of aromatic nitrogens is 2. The van der Waals surface area contributed by atoms with Crippen LogP contribution in [0, 0.1) is 13.8 Å². The molecular formula is C15H11BrN2O3. The van der Waals surface area contributed by atoms with E-state index >= 15 is 0 Å². The highest BCUT2D eigenvalue weighted by atomic mass is 79.9. The highest BCUT2D eigenvalue weighted by molar-refractivity contribution is 9.10. The molecular weight excluding hydrogens is 336 g/mol. The Labute approximate surface area is 128 Å². The number of para-hydroxylation sites is 1. The van der Waals surface area contributed by atoms with Gasteiger partial charge in [0.05, 0.1) is 15.9 Å². The third-order valence-electron chi connectivity index (χ3n) is 3.27. The van der Waals surface area contributed by atoms with Gasteiger partial charge in [-0.05, 0) is 41.9 Å². The van der Waals surface area contributed by atoms with E-state index in [0.29, 0.717) is 22.4 Å². The van der Waals surface area contributed by atoms with Crippen LogP contribution in [0.25, 0.3) is 11.0 Å². The van der Waals surface area contributed by atoms with Crippen LogP contribution in [0.3, 0.4) is 0 Å². The zero-order valence-electron chi connectivity index (χ0n) is 11.4. The molecule has 21 heavy (non-hydrogen) atoms. The van der Waals surface area contributed by atoms with Crippen molar-refractivity contribution >= 4 is 32.8 Å². The predicted molar refractivity (Wildman–Crippen MR) is 81.6 cm³/mol. The number of rotatable bonds is 1. The summed E-state index contributed by atoms with van der Waals surface area (Å²) in [7, 11) is 0. The van der Waals surface area contributed by atoms with Crippen molar-refractivity contribution < 1.29 is 9.21 Å². The fourth-order valence-electron chi connectivity index (χ4n) is 2.15. The largest absolute Gasteiger partial charge is 0.422 e. The Morgan fingerprint density at radius 3 is 2.67 bits per heavy atom. The third kappa shape index (κ3) is 2.21. The maximum atomic E-state index is 12.5. The average molecular weight is 347 g/mol. The van der Waals surface area contributed by atoms with Gasteiger partial charge in [0.25, 0.3) is 5.91 Å². The Morgan fingerprint density at radius 1 is 1.29 bits per heavy atom. The minimum absolute atomic E-state index is 0.0354. The van der Waals surface area contributed by atoms with Gasteiger partial charge in [-0.3, -0.25) is 4.79 Å². The molecule has 0 amide bonds. The Bertz CT molecular complexity index is 924. The number of hydrogen-bond donors (Lipinski definition) is 0. The normalized spacial score (nSPS) is 11.0. The minimum atomic E-state index is -0.664. The molecule has 0 aliphatic carbocycles. The molecule has 0 aliphatic rings. The highest BCUT2D eigenvalue weighted by Crippen LogP contribution is 2.21. The predicted octanol–water partition coefficient (Wildman–Crippen LogP) is 3.06. The molecule has 0 bridgehead atoms. The maximum Gasteiger partial charge on any atom is 0.349 e. The molecule has 0 saturated heterocycles. The fourth-order valence-corrected chi connectivity index (χ4v) is 2.39. The van der Waals surface area contributed by atoms with Gasteiger partial charge in [-0.25, -0.2) is 4.79 Å². The molecule has 6 heteroatoms. The molecule has 0 unspecified atom stereocenters. The van der Waals surface area contributed by atoms with Gasteiger partial charge in [-0.2, -0.15) is 9.78 Å². The van der Waals surface area contributed by atoms with Gasteiger partial charge < -0.3 is 4.42 Å². The van der Waals surface area contributed by atoms with Crippen LogP contribution in [0.5, 0.6) is 0 Å². The summed E-state index contributed by atoms with van der Waals surface area (Å²) in [6.45, 7) is 3.54. The summed E-state index contributed by atoms with van der Waals surface area (Å²) in [5.74, 6) is -0.499. The Kier molecular flexibility index (Phi) is 3.25. The van der Waals surface area contributed by atoms with Gasteiger partial charge in [0.2, 0.25) is 0 Å². The maximum absolute atomic E-state index is 12.5. The molecule has 0 saturated carbocycles. The van der Waals surface area contributed by atoms with Crippen molar-refractivity contribution in [1.82, 2.24) is 9.78 Å². The first kappa shape index (κ1) is 13.8. The summed E-state index contributed by atoms with van der Waals surface area (Å²) < 4.78 is 7.14. The van der Waals surface area contributed by atoms with Gasteiger partial charge in [-0.15, -0.1) is 0 Å². The van der Waals surface area contributed by atoms with E-state index in [1.807, 2.05) is 6.07 Å². The van der Waals surface area contributed by atoms with Gasteiger partial charge in [0, 0.05) is 5.39 Å². The lowest BCUT2D eigenvalue weighted by atomic mass is 10.2. The Balaban J connectivity index is 2.19. The van der Waals surface area contributed by atoms with Crippen molar-refractivity contribution in [3.63, 3.8) is 0 Å². The van der Waals surface area contributed by atoms with E-state index in [9.17, 15) is 9.59 Å². The van der Waals surface area contributed by atoms with Gasteiger partial charge in [0.15, 0.2) is 0 Å². The van der Waals surface area contributed by atoms with E-state index in [1.165, 1.54) is 10.7 Å². The molecule has 0 radical (unpaired) electrons. The van der Waals surface area contributed by atoms with Crippen LogP contribution < -0.4 is 5.63 Å². The molecule has 3 rings (SSSR count). The lowest BCUT2D eigenvalue weighted by molar-refractivity contribution is 0.0938. The molecule has 2 aromatic heterocycles. The number of benzene rings is 1. The van der Waals surface area contributed by atoms with Crippen molar-refractivity contribution in [1.29, 1.82) is 0 Å². The SMILES string of the molecule is Cc1nn(C(=O)c2cc3ccccc3oc2=O)c(C)c1Br. The molecule has 0 fully saturated rings. The van der Waals surface area contributed by atoms with Gasteiger partial charge >= 0.3 is 5.63 Å². The molecule has 0 aliphatic heterocycles. The van der Waals surface area contributed by atoms with Crippen molar-refractivity contribution in [3.8, 4) is 0 Å². The number of nitrogens with zero attached hydrogens (tertiary/aromatic N) is 2.